The first-order valence-electron chi connectivity index (χ1n) is 8.25. The van der Waals surface area contributed by atoms with Gasteiger partial charge in [-0.05, 0) is 34.5 Å². The summed E-state index contributed by atoms with van der Waals surface area (Å²) in [6.45, 7) is 1.89. The van der Waals surface area contributed by atoms with Crippen molar-refractivity contribution in [3.8, 4) is 23.7 Å². The average Bonchev–Trinajstić information content (AvgIpc) is 3.03. The molecule has 2 heterocycles. The van der Waals surface area contributed by atoms with Crippen LogP contribution in [0.25, 0.3) is 11.2 Å². The van der Waals surface area contributed by atoms with Crippen molar-refractivity contribution in [1.29, 1.82) is 5.26 Å². The highest BCUT2D eigenvalue weighted by Gasteiger charge is 2.20. The summed E-state index contributed by atoms with van der Waals surface area (Å²) in [7, 11) is 3.01. The zero-order chi connectivity index (χ0) is 20.4. The van der Waals surface area contributed by atoms with Crippen molar-refractivity contribution < 1.29 is 4.74 Å². The number of nitrogens with zero attached hydrogens (tertiary/aromatic N) is 5. The number of hydrogen-bond donors (Lipinski definition) is 0. The molecule has 142 valence electrons. The van der Waals surface area contributed by atoms with Crippen molar-refractivity contribution in [3.63, 3.8) is 0 Å². The van der Waals surface area contributed by atoms with E-state index in [2.05, 4.69) is 38.8 Å². The lowest BCUT2D eigenvalue weighted by molar-refractivity contribution is 0.412. The van der Waals surface area contributed by atoms with Gasteiger partial charge < -0.3 is 9.30 Å². The molecule has 0 spiro atoms. The largest absolute Gasteiger partial charge is 0.495 e. The maximum atomic E-state index is 13.2. The molecule has 0 fully saturated rings. The molecule has 0 aliphatic rings. The maximum Gasteiger partial charge on any atom is 0.332 e. The van der Waals surface area contributed by atoms with Crippen LogP contribution in [0.5, 0.6) is 5.75 Å². The van der Waals surface area contributed by atoms with Gasteiger partial charge in [0.25, 0.3) is 5.56 Å². The molecule has 0 saturated carbocycles. The lowest BCUT2D eigenvalue weighted by Crippen LogP contribution is -2.40. The summed E-state index contributed by atoms with van der Waals surface area (Å²) in [6, 6.07) is 7.13. The summed E-state index contributed by atoms with van der Waals surface area (Å²) in [5.41, 5.74) is 0.300. The molecular formula is C19H16BrN5O3. The highest BCUT2D eigenvalue weighted by Crippen LogP contribution is 2.22. The second-order valence-corrected chi connectivity index (χ2v) is 6.61. The van der Waals surface area contributed by atoms with Gasteiger partial charge in [0, 0.05) is 7.05 Å². The number of aryl methyl sites for hydroxylation is 1. The summed E-state index contributed by atoms with van der Waals surface area (Å²) < 4.78 is 9.62. The van der Waals surface area contributed by atoms with Gasteiger partial charge in [-0.15, -0.1) is 5.92 Å². The number of ether oxygens (including phenoxy) is 1. The van der Waals surface area contributed by atoms with Crippen molar-refractivity contribution in [2.45, 2.75) is 20.0 Å². The molecule has 0 aliphatic heterocycles. The Balaban J connectivity index is 2.29. The van der Waals surface area contributed by atoms with Crippen molar-refractivity contribution in [2.75, 3.05) is 7.11 Å². The van der Waals surface area contributed by atoms with Crippen LogP contribution in [0, 0.1) is 23.2 Å². The summed E-state index contributed by atoms with van der Waals surface area (Å²) in [5.74, 6) is 6.06. The third-order valence-electron chi connectivity index (χ3n) is 4.37. The molecule has 0 bridgehead atoms. The maximum absolute atomic E-state index is 13.2. The molecule has 0 radical (unpaired) electrons. The smallest absolute Gasteiger partial charge is 0.332 e. The molecule has 0 saturated heterocycles. The molecule has 0 atom stereocenters. The molecule has 0 N–H and O–H groups in total. The molecule has 8 nitrogen and oxygen atoms in total. The Morgan fingerprint density at radius 3 is 2.68 bits per heavy atom. The van der Waals surface area contributed by atoms with Crippen LogP contribution in [0.1, 0.15) is 18.1 Å². The van der Waals surface area contributed by atoms with Crippen LogP contribution < -0.4 is 16.0 Å². The number of nitriles is 1. The van der Waals surface area contributed by atoms with Crippen LogP contribution in [0.2, 0.25) is 0 Å². The van der Waals surface area contributed by atoms with E-state index in [1.54, 1.807) is 36.7 Å². The molecule has 3 aromatic rings. The van der Waals surface area contributed by atoms with Crippen LogP contribution in [0.4, 0.5) is 0 Å². The summed E-state index contributed by atoms with van der Waals surface area (Å²) >= 11 is 3.33. The number of imidazole rings is 1. The lowest BCUT2D eigenvalue weighted by Gasteiger charge is -2.11. The first kappa shape index (κ1) is 19.5. The standard InChI is InChI=1S/C19H16BrN5O3/c1-4-5-9-24-15-16(22-18(24)20)23(2)19(27)25(17(15)26)11-12-7-6-8-14(28-3)13(12)10-21/h6-8H,9,11H2,1-3H3. The molecule has 9 heteroatoms. The molecule has 2 aromatic heterocycles. The molecular weight excluding hydrogens is 426 g/mol. The van der Waals surface area contributed by atoms with Gasteiger partial charge in [0.15, 0.2) is 15.9 Å². The fourth-order valence-corrected chi connectivity index (χ4v) is 3.43. The minimum Gasteiger partial charge on any atom is -0.495 e. The van der Waals surface area contributed by atoms with E-state index in [1.165, 1.54) is 11.7 Å². The third kappa shape index (κ3) is 3.10. The second kappa shape index (κ2) is 7.75. The first-order valence-corrected chi connectivity index (χ1v) is 9.05. The highest BCUT2D eigenvalue weighted by molar-refractivity contribution is 9.10. The van der Waals surface area contributed by atoms with Crippen LogP contribution in [-0.4, -0.2) is 25.8 Å². The number of benzene rings is 1. The highest BCUT2D eigenvalue weighted by atomic mass is 79.9. The number of hydrogen-bond acceptors (Lipinski definition) is 5. The van der Waals surface area contributed by atoms with Crippen molar-refractivity contribution in [2.24, 2.45) is 7.05 Å². The number of halogens is 1. The number of fused-ring (bicyclic) bond motifs is 1. The Hall–Kier alpha value is -3.30. The Bertz CT molecular complexity index is 1300. The topological polar surface area (TPSA) is 94.8 Å². The molecule has 0 amide bonds. The lowest BCUT2D eigenvalue weighted by atomic mass is 10.1. The third-order valence-corrected chi connectivity index (χ3v) is 4.98. The van der Waals surface area contributed by atoms with E-state index in [1.807, 2.05) is 0 Å². The van der Waals surface area contributed by atoms with Gasteiger partial charge in [-0.2, -0.15) is 5.26 Å². The minimum atomic E-state index is -0.525. The Kier molecular flexibility index (Phi) is 5.39. The van der Waals surface area contributed by atoms with E-state index >= 15 is 0 Å². The number of rotatable bonds is 4. The van der Waals surface area contributed by atoms with Gasteiger partial charge in [-0.3, -0.25) is 13.9 Å². The molecule has 0 aliphatic carbocycles. The molecule has 3 rings (SSSR count). The SMILES string of the molecule is CC#CCn1c(Br)nc2c1c(=O)n(Cc1cccc(OC)c1C#N)c(=O)n2C. The van der Waals surface area contributed by atoms with Gasteiger partial charge >= 0.3 is 5.69 Å². The molecule has 28 heavy (non-hydrogen) atoms. The number of aromatic nitrogens is 4. The summed E-state index contributed by atoms with van der Waals surface area (Å²) in [4.78, 5) is 30.3. The van der Waals surface area contributed by atoms with Crippen LogP contribution >= 0.6 is 15.9 Å². The average molecular weight is 442 g/mol. The minimum absolute atomic E-state index is 0.0657. The Morgan fingerprint density at radius 1 is 1.29 bits per heavy atom. The van der Waals surface area contributed by atoms with E-state index < -0.39 is 11.2 Å². The van der Waals surface area contributed by atoms with E-state index in [-0.39, 0.29) is 29.8 Å². The van der Waals surface area contributed by atoms with E-state index in [0.717, 1.165) is 4.57 Å². The van der Waals surface area contributed by atoms with E-state index in [4.69, 9.17) is 4.74 Å². The fourth-order valence-electron chi connectivity index (χ4n) is 2.96. The van der Waals surface area contributed by atoms with Crippen LogP contribution in [-0.2, 0) is 20.1 Å². The number of methoxy groups -OCH3 is 1. The molecule has 0 unspecified atom stereocenters. The second-order valence-electron chi connectivity index (χ2n) is 5.91. The van der Waals surface area contributed by atoms with Crippen LogP contribution in [0.15, 0.2) is 32.5 Å². The van der Waals surface area contributed by atoms with Crippen molar-refractivity contribution in [3.05, 3.63) is 54.9 Å². The molecule has 1 aromatic carbocycles. The van der Waals surface area contributed by atoms with Gasteiger partial charge in [0.2, 0.25) is 0 Å². The monoisotopic (exact) mass is 441 g/mol. The Morgan fingerprint density at radius 2 is 2.04 bits per heavy atom. The van der Waals surface area contributed by atoms with Gasteiger partial charge in [-0.25, -0.2) is 9.78 Å². The normalized spacial score (nSPS) is 10.4. The van der Waals surface area contributed by atoms with Crippen molar-refractivity contribution in [1.82, 2.24) is 18.7 Å². The predicted octanol–water partition coefficient (Wildman–Crippen LogP) is 1.61. The fraction of sp³-hybridized carbons (Fsp3) is 0.263. The Labute approximate surface area is 168 Å². The zero-order valence-corrected chi connectivity index (χ0v) is 17.1. The zero-order valence-electron chi connectivity index (χ0n) is 15.5. The predicted molar refractivity (Wildman–Crippen MR) is 107 cm³/mol. The summed E-state index contributed by atoms with van der Waals surface area (Å²) in [5, 5.41) is 9.48. The van der Waals surface area contributed by atoms with E-state index in [9.17, 15) is 14.9 Å². The van der Waals surface area contributed by atoms with Crippen LogP contribution in [0.3, 0.4) is 0 Å². The first-order chi connectivity index (χ1) is 13.4. The van der Waals surface area contributed by atoms with Crippen molar-refractivity contribution >= 4 is 27.1 Å². The van der Waals surface area contributed by atoms with Gasteiger partial charge in [-0.1, -0.05) is 18.1 Å². The van der Waals surface area contributed by atoms with Gasteiger partial charge in [0.05, 0.1) is 25.8 Å². The quantitative estimate of drug-likeness (QED) is 0.452. The van der Waals surface area contributed by atoms with Gasteiger partial charge in [0.1, 0.15) is 11.8 Å². The van der Waals surface area contributed by atoms with E-state index in [0.29, 0.717) is 16.0 Å². The summed E-state index contributed by atoms with van der Waals surface area (Å²) in [6.07, 6.45) is 0.